The predicted molar refractivity (Wildman–Crippen MR) is 88.2 cm³/mol. The number of nitro groups is 1. The van der Waals surface area contributed by atoms with Crippen molar-refractivity contribution in [2.75, 3.05) is 13.7 Å². The lowest BCUT2D eigenvalue weighted by atomic mass is 10.1. The summed E-state index contributed by atoms with van der Waals surface area (Å²) in [6, 6.07) is 9.49. The fourth-order valence-corrected chi connectivity index (χ4v) is 2.00. The first-order valence-electron chi connectivity index (χ1n) is 7.41. The van der Waals surface area contributed by atoms with E-state index >= 15 is 0 Å². The molecular weight excluding hydrogens is 347 g/mol. The molecule has 1 N–H and O–H groups in total. The van der Waals surface area contributed by atoms with Gasteiger partial charge in [-0.2, -0.15) is 4.39 Å². The van der Waals surface area contributed by atoms with E-state index in [9.17, 15) is 24.1 Å². The molecule has 0 spiro atoms. The molecule has 136 valence electrons. The average molecular weight is 362 g/mol. The van der Waals surface area contributed by atoms with E-state index in [4.69, 9.17) is 4.74 Å². The van der Waals surface area contributed by atoms with Crippen LogP contribution < -0.4 is 10.1 Å². The molecule has 0 atom stereocenters. The number of benzene rings is 2. The molecule has 8 nitrogen and oxygen atoms in total. The zero-order valence-electron chi connectivity index (χ0n) is 13.7. The number of carbonyl (C=O) groups excluding carboxylic acids is 2. The van der Waals surface area contributed by atoms with Gasteiger partial charge < -0.3 is 14.8 Å². The summed E-state index contributed by atoms with van der Waals surface area (Å²) in [7, 11) is 1.28. The highest BCUT2D eigenvalue weighted by atomic mass is 19.1. The van der Waals surface area contributed by atoms with Crippen molar-refractivity contribution in [2.24, 2.45) is 0 Å². The van der Waals surface area contributed by atoms with E-state index in [0.717, 1.165) is 17.7 Å². The molecule has 0 fully saturated rings. The molecule has 2 aromatic rings. The average Bonchev–Trinajstić information content (AvgIpc) is 2.64. The Morgan fingerprint density at radius 2 is 1.88 bits per heavy atom. The Morgan fingerprint density at radius 3 is 2.46 bits per heavy atom. The molecule has 26 heavy (non-hydrogen) atoms. The molecule has 0 unspecified atom stereocenters. The Labute approximate surface area is 147 Å². The zero-order valence-corrected chi connectivity index (χ0v) is 13.7. The van der Waals surface area contributed by atoms with Gasteiger partial charge in [0.15, 0.2) is 6.61 Å². The number of halogens is 1. The molecular formula is C17H15FN2O6. The van der Waals surface area contributed by atoms with Crippen LogP contribution in [0.3, 0.4) is 0 Å². The van der Waals surface area contributed by atoms with E-state index in [0.29, 0.717) is 5.56 Å². The third-order valence-corrected chi connectivity index (χ3v) is 3.35. The summed E-state index contributed by atoms with van der Waals surface area (Å²) in [6.45, 7) is -0.171. The summed E-state index contributed by atoms with van der Waals surface area (Å²) >= 11 is 0. The van der Waals surface area contributed by atoms with Gasteiger partial charge in [0, 0.05) is 18.7 Å². The zero-order chi connectivity index (χ0) is 19.1. The van der Waals surface area contributed by atoms with Gasteiger partial charge in [-0.1, -0.05) is 12.1 Å². The lowest BCUT2D eigenvalue weighted by Crippen LogP contribution is -2.28. The second kappa shape index (κ2) is 8.56. The van der Waals surface area contributed by atoms with E-state index in [1.807, 2.05) is 0 Å². The van der Waals surface area contributed by atoms with Gasteiger partial charge in [0.2, 0.25) is 5.82 Å². The summed E-state index contributed by atoms with van der Waals surface area (Å²) in [4.78, 5) is 32.8. The quantitative estimate of drug-likeness (QED) is 0.460. The van der Waals surface area contributed by atoms with Crippen LogP contribution in [0.25, 0.3) is 0 Å². The van der Waals surface area contributed by atoms with Crippen LogP contribution in [0, 0.1) is 15.9 Å². The minimum absolute atomic E-state index is 0.00526. The molecule has 0 aliphatic heterocycles. The normalized spacial score (nSPS) is 10.1. The first-order chi connectivity index (χ1) is 12.4. The van der Waals surface area contributed by atoms with Crippen molar-refractivity contribution < 1.29 is 28.4 Å². The van der Waals surface area contributed by atoms with E-state index in [1.54, 1.807) is 24.3 Å². The van der Waals surface area contributed by atoms with Gasteiger partial charge in [0.1, 0.15) is 5.75 Å². The number of esters is 1. The number of rotatable bonds is 7. The predicted octanol–water partition coefficient (Wildman–Crippen LogP) is 2.22. The van der Waals surface area contributed by atoms with E-state index < -0.39 is 28.3 Å². The maximum atomic E-state index is 13.5. The molecule has 2 rings (SSSR count). The molecule has 0 aromatic heterocycles. The summed E-state index contributed by atoms with van der Waals surface area (Å²) in [5, 5.41) is 13.1. The largest absolute Gasteiger partial charge is 0.484 e. The molecule has 0 radical (unpaired) electrons. The second-order valence-corrected chi connectivity index (χ2v) is 5.12. The standard InChI is InChI=1S/C17H15FN2O6/c1-25-17(22)12-4-2-11(3-5-12)9-19-16(21)10-26-13-6-7-15(20(23)24)14(18)8-13/h2-8H,9-10H2,1H3,(H,19,21). The van der Waals surface area contributed by atoms with Crippen LogP contribution >= 0.6 is 0 Å². The Hall–Kier alpha value is -3.49. The van der Waals surface area contributed by atoms with Crippen LogP contribution in [0.1, 0.15) is 15.9 Å². The number of nitrogens with one attached hydrogen (secondary N) is 1. The Morgan fingerprint density at radius 1 is 1.19 bits per heavy atom. The van der Waals surface area contributed by atoms with Gasteiger partial charge in [0.25, 0.3) is 5.91 Å². The van der Waals surface area contributed by atoms with Crippen molar-refractivity contribution in [3.8, 4) is 5.75 Å². The minimum Gasteiger partial charge on any atom is -0.484 e. The fourth-order valence-electron chi connectivity index (χ4n) is 2.00. The number of nitrogens with zero attached hydrogens (tertiary/aromatic N) is 1. The van der Waals surface area contributed by atoms with Gasteiger partial charge in [-0.3, -0.25) is 14.9 Å². The van der Waals surface area contributed by atoms with Crippen molar-refractivity contribution >= 4 is 17.6 Å². The molecule has 0 bridgehead atoms. The third-order valence-electron chi connectivity index (χ3n) is 3.35. The molecule has 0 heterocycles. The summed E-state index contributed by atoms with van der Waals surface area (Å²) < 4.78 is 23.1. The van der Waals surface area contributed by atoms with Crippen molar-refractivity contribution in [1.82, 2.24) is 5.32 Å². The first kappa shape index (κ1) is 18.8. The summed E-state index contributed by atoms with van der Waals surface area (Å²) in [5.41, 5.74) is 0.482. The summed E-state index contributed by atoms with van der Waals surface area (Å²) in [6.07, 6.45) is 0. The first-order valence-corrected chi connectivity index (χ1v) is 7.41. The molecule has 0 saturated carbocycles. The highest BCUT2D eigenvalue weighted by Gasteiger charge is 2.14. The maximum Gasteiger partial charge on any atom is 0.337 e. The highest BCUT2D eigenvalue weighted by molar-refractivity contribution is 5.89. The molecule has 0 aliphatic carbocycles. The second-order valence-electron chi connectivity index (χ2n) is 5.12. The van der Waals surface area contributed by atoms with Crippen molar-refractivity contribution in [3.05, 3.63) is 69.5 Å². The van der Waals surface area contributed by atoms with Crippen molar-refractivity contribution in [2.45, 2.75) is 6.54 Å². The van der Waals surface area contributed by atoms with E-state index in [-0.39, 0.29) is 18.9 Å². The number of hydrogen-bond donors (Lipinski definition) is 1. The van der Waals surface area contributed by atoms with Crippen LogP contribution in [-0.2, 0) is 16.1 Å². The smallest absolute Gasteiger partial charge is 0.337 e. The van der Waals surface area contributed by atoms with Crippen LogP contribution in [0.5, 0.6) is 5.75 Å². The van der Waals surface area contributed by atoms with Crippen LogP contribution in [-0.4, -0.2) is 30.5 Å². The van der Waals surface area contributed by atoms with E-state index in [1.165, 1.54) is 13.2 Å². The summed E-state index contributed by atoms with van der Waals surface area (Å²) in [5.74, 6) is -1.95. The topological polar surface area (TPSA) is 108 Å². The van der Waals surface area contributed by atoms with Gasteiger partial charge in [-0.15, -0.1) is 0 Å². The Balaban J connectivity index is 1.83. The number of methoxy groups -OCH3 is 1. The van der Waals surface area contributed by atoms with Crippen molar-refractivity contribution in [3.63, 3.8) is 0 Å². The van der Waals surface area contributed by atoms with Gasteiger partial charge >= 0.3 is 11.7 Å². The fraction of sp³-hybridized carbons (Fsp3) is 0.176. The van der Waals surface area contributed by atoms with Crippen molar-refractivity contribution in [1.29, 1.82) is 0 Å². The molecule has 2 aromatic carbocycles. The number of hydrogen-bond acceptors (Lipinski definition) is 6. The lowest BCUT2D eigenvalue weighted by Gasteiger charge is -2.08. The number of ether oxygens (including phenoxy) is 2. The van der Waals surface area contributed by atoms with Gasteiger partial charge in [0.05, 0.1) is 17.6 Å². The number of carbonyl (C=O) groups is 2. The molecule has 9 heteroatoms. The van der Waals surface area contributed by atoms with E-state index in [2.05, 4.69) is 10.1 Å². The highest BCUT2D eigenvalue weighted by Crippen LogP contribution is 2.22. The number of amides is 1. The molecule has 0 aliphatic rings. The SMILES string of the molecule is COC(=O)c1ccc(CNC(=O)COc2ccc([N+](=O)[O-])c(F)c2)cc1. The van der Waals surface area contributed by atoms with Crippen LogP contribution in [0.15, 0.2) is 42.5 Å². The molecule has 0 saturated heterocycles. The van der Waals surface area contributed by atoms with Gasteiger partial charge in [-0.25, -0.2) is 4.79 Å². The maximum absolute atomic E-state index is 13.5. The van der Waals surface area contributed by atoms with Gasteiger partial charge in [-0.05, 0) is 23.8 Å². The third kappa shape index (κ3) is 5.00. The Bertz CT molecular complexity index is 823. The lowest BCUT2D eigenvalue weighted by molar-refractivity contribution is -0.387. The molecule has 1 amide bonds. The number of nitro benzene ring substituents is 1. The Kier molecular flexibility index (Phi) is 6.20. The monoisotopic (exact) mass is 362 g/mol. The van der Waals surface area contributed by atoms with Crippen LogP contribution in [0.4, 0.5) is 10.1 Å². The van der Waals surface area contributed by atoms with Crippen LogP contribution in [0.2, 0.25) is 0 Å². The minimum atomic E-state index is -1.04.